The van der Waals surface area contributed by atoms with E-state index < -0.39 is 12.0 Å². The first-order chi connectivity index (χ1) is 11.5. The van der Waals surface area contributed by atoms with Gasteiger partial charge in [-0.3, -0.25) is 9.59 Å². The fraction of sp³-hybridized carbons (Fsp3) is 0.300. The molecule has 0 aliphatic heterocycles. The Morgan fingerprint density at radius 2 is 1.58 bits per heavy atom. The molecule has 24 heavy (non-hydrogen) atoms. The van der Waals surface area contributed by atoms with Crippen molar-refractivity contribution in [3.8, 4) is 0 Å². The fourth-order valence-electron chi connectivity index (χ4n) is 2.49. The van der Waals surface area contributed by atoms with Crippen molar-refractivity contribution >= 4 is 11.8 Å². The third-order valence-corrected chi connectivity index (χ3v) is 4.02. The lowest BCUT2D eigenvalue weighted by Crippen LogP contribution is -2.38. The lowest BCUT2D eigenvalue weighted by Gasteiger charge is -2.16. The van der Waals surface area contributed by atoms with Crippen LogP contribution in [0, 0.1) is 6.92 Å². The van der Waals surface area contributed by atoms with Crippen molar-refractivity contribution in [1.82, 2.24) is 5.32 Å². The smallest absolute Gasteiger partial charge is 0.305 e. The van der Waals surface area contributed by atoms with Crippen molar-refractivity contribution in [3.63, 3.8) is 0 Å². The predicted molar refractivity (Wildman–Crippen MR) is 94.2 cm³/mol. The molecule has 0 bridgehead atoms. The molecule has 0 aliphatic carbocycles. The number of carbonyl (C=O) groups is 2. The van der Waals surface area contributed by atoms with Crippen LogP contribution in [-0.4, -0.2) is 22.9 Å². The van der Waals surface area contributed by atoms with Gasteiger partial charge in [0, 0.05) is 12.1 Å². The summed E-state index contributed by atoms with van der Waals surface area (Å²) in [4.78, 5) is 23.7. The number of ketones is 1. The zero-order valence-corrected chi connectivity index (χ0v) is 14.1. The average molecular weight is 325 g/mol. The number of nitrogens with one attached hydrogen (secondary N) is 1. The number of Topliss-reactive ketones (excluding diaryl/α,β-unsaturated/α-hetero) is 1. The van der Waals surface area contributed by atoms with E-state index in [9.17, 15) is 9.59 Å². The molecule has 0 fully saturated rings. The first-order valence-electron chi connectivity index (χ1n) is 8.13. The van der Waals surface area contributed by atoms with Crippen molar-refractivity contribution in [1.29, 1.82) is 0 Å². The van der Waals surface area contributed by atoms with Crippen LogP contribution in [0.25, 0.3) is 0 Å². The van der Waals surface area contributed by atoms with Crippen molar-refractivity contribution < 1.29 is 14.7 Å². The molecule has 0 radical (unpaired) electrons. The maximum atomic E-state index is 12.6. The van der Waals surface area contributed by atoms with E-state index in [0.717, 1.165) is 23.1 Å². The molecule has 126 valence electrons. The van der Waals surface area contributed by atoms with Gasteiger partial charge in [0.15, 0.2) is 5.78 Å². The Bertz CT molecular complexity index is 690. The van der Waals surface area contributed by atoms with Crippen molar-refractivity contribution in [2.45, 2.75) is 39.3 Å². The van der Waals surface area contributed by atoms with Gasteiger partial charge in [0.1, 0.15) is 0 Å². The van der Waals surface area contributed by atoms with Gasteiger partial charge in [-0.05, 0) is 24.5 Å². The Labute approximate surface area is 142 Å². The topological polar surface area (TPSA) is 66.4 Å². The molecule has 0 spiro atoms. The summed E-state index contributed by atoms with van der Waals surface area (Å²) in [6.07, 6.45) is 0.666. The number of benzene rings is 2. The number of hydrogen-bond acceptors (Lipinski definition) is 3. The molecule has 2 aromatic rings. The molecule has 2 N–H and O–H groups in total. The second-order valence-electron chi connectivity index (χ2n) is 5.93. The zero-order chi connectivity index (χ0) is 17.5. The highest BCUT2D eigenvalue weighted by Crippen LogP contribution is 2.11. The van der Waals surface area contributed by atoms with Crippen LogP contribution in [0.1, 0.15) is 40.4 Å². The van der Waals surface area contributed by atoms with Crippen molar-refractivity contribution in [3.05, 3.63) is 70.8 Å². The third-order valence-electron chi connectivity index (χ3n) is 4.02. The SMILES string of the molecule is CCc1ccc(C(=O)C(CC(=O)O)NCc2ccc(C)cc2)cc1. The highest BCUT2D eigenvalue weighted by atomic mass is 16.4. The standard InChI is InChI=1S/C20H23NO3/c1-3-15-8-10-17(11-9-15)20(24)18(12-19(22)23)21-13-16-6-4-14(2)5-7-16/h4-11,18,21H,3,12-13H2,1-2H3,(H,22,23). The molecule has 4 nitrogen and oxygen atoms in total. The van der Waals surface area contributed by atoms with Gasteiger partial charge >= 0.3 is 5.97 Å². The average Bonchev–Trinajstić information content (AvgIpc) is 2.59. The largest absolute Gasteiger partial charge is 0.481 e. The Hall–Kier alpha value is -2.46. The molecular formula is C20H23NO3. The van der Waals surface area contributed by atoms with E-state index in [0.29, 0.717) is 12.1 Å². The third kappa shape index (κ3) is 5.03. The molecule has 4 heteroatoms. The summed E-state index contributed by atoms with van der Waals surface area (Å²) in [5.41, 5.74) is 3.86. The van der Waals surface area contributed by atoms with Crippen LogP contribution in [0.4, 0.5) is 0 Å². The Kier molecular flexibility index (Phi) is 6.27. The van der Waals surface area contributed by atoms with E-state index in [-0.39, 0.29) is 12.2 Å². The Morgan fingerprint density at radius 1 is 1.00 bits per heavy atom. The molecule has 0 aromatic heterocycles. The van der Waals surface area contributed by atoms with Gasteiger partial charge in [0.2, 0.25) is 0 Å². The highest BCUT2D eigenvalue weighted by molar-refractivity contribution is 6.01. The van der Waals surface area contributed by atoms with Crippen LogP contribution >= 0.6 is 0 Å². The molecule has 1 atom stereocenters. The van der Waals surface area contributed by atoms with E-state index in [1.165, 1.54) is 0 Å². The normalized spacial score (nSPS) is 11.9. The summed E-state index contributed by atoms with van der Waals surface area (Å²) in [6, 6.07) is 14.5. The van der Waals surface area contributed by atoms with Crippen LogP contribution in [0.15, 0.2) is 48.5 Å². The van der Waals surface area contributed by atoms with Gasteiger partial charge in [-0.2, -0.15) is 0 Å². The van der Waals surface area contributed by atoms with Gasteiger partial charge in [0.25, 0.3) is 0 Å². The van der Waals surface area contributed by atoms with Gasteiger partial charge in [0.05, 0.1) is 12.5 Å². The summed E-state index contributed by atoms with van der Waals surface area (Å²) in [7, 11) is 0. The maximum absolute atomic E-state index is 12.6. The first-order valence-corrected chi connectivity index (χ1v) is 8.13. The van der Waals surface area contributed by atoms with Gasteiger partial charge in [-0.15, -0.1) is 0 Å². The maximum Gasteiger partial charge on any atom is 0.305 e. The van der Waals surface area contributed by atoms with Crippen LogP contribution in [-0.2, 0) is 17.8 Å². The lowest BCUT2D eigenvalue weighted by atomic mass is 9.99. The molecule has 2 rings (SSSR count). The second kappa shape index (κ2) is 8.41. The number of hydrogen-bond donors (Lipinski definition) is 2. The highest BCUT2D eigenvalue weighted by Gasteiger charge is 2.22. The van der Waals surface area contributed by atoms with E-state index in [1.54, 1.807) is 12.1 Å². The summed E-state index contributed by atoms with van der Waals surface area (Å²) in [5, 5.41) is 12.2. The summed E-state index contributed by atoms with van der Waals surface area (Å²) < 4.78 is 0. The molecule has 0 aliphatic rings. The Balaban J connectivity index is 2.09. The molecular weight excluding hydrogens is 302 g/mol. The number of carboxylic acids is 1. The molecule has 2 aromatic carbocycles. The second-order valence-corrected chi connectivity index (χ2v) is 5.93. The number of carboxylic acid groups (broad SMARTS) is 1. The lowest BCUT2D eigenvalue weighted by molar-refractivity contribution is -0.137. The summed E-state index contributed by atoms with van der Waals surface area (Å²) in [5.74, 6) is -1.18. The quantitative estimate of drug-likeness (QED) is 0.730. The minimum atomic E-state index is -0.991. The number of carbonyl (C=O) groups excluding carboxylic acids is 1. The molecule has 0 saturated heterocycles. The van der Waals surface area contributed by atoms with Crippen LogP contribution in [0.5, 0.6) is 0 Å². The minimum Gasteiger partial charge on any atom is -0.481 e. The van der Waals surface area contributed by atoms with Crippen LogP contribution in [0.3, 0.4) is 0 Å². The van der Waals surface area contributed by atoms with Crippen molar-refractivity contribution in [2.75, 3.05) is 0 Å². The van der Waals surface area contributed by atoms with Gasteiger partial charge < -0.3 is 10.4 Å². The minimum absolute atomic E-state index is 0.188. The van der Waals surface area contributed by atoms with Crippen molar-refractivity contribution in [2.24, 2.45) is 0 Å². The number of aryl methyl sites for hydroxylation is 2. The van der Waals surface area contributed by atoms with E-state index in [2.05, 4.69) is 5.32 Å². The van der Waals surface area contributed by atoms with Crippen LogP contribution in [0.2, 0.25) is 0 Å². The Morgan fingerprint density at radius 3 is 2.12 bits per heavy atom. The zero-order valence-electron chi connectivity index (χ0n) is 14.1. The first kappa shape index (κ1) is 17.9. The van der Waals surface area contributed by atoms with E-state index >= 15 is 0 Å². The van der Waals surface area contributed by atoms with E-state index in [4.69, 9.17) is 5.11 Å². The fourth-order valence-corrected chi connectivity index (χ4v) is 2.49. The van der Waals surface area contributed by atoms with Crippen LogP contribution < -0.4 is 5.32 Å². The van der Waals surface area contributed by atoms with Gasteiger partial charge in [-0.1, -0.05) is 61.0 Å². The van der Waals surface area contributed by atoms with Gasteiger partial charge in [-0.25, -0.2) is 0 Å². The molecule has 1 unspecified atom stereocenters. The monoisotopic (exact) mass is 325 g/mol. The number of rotatable bonds is 8. The summed E-state index contributed by atoms with van der Waals surface area (Å²) >= 11 is 0. The number of aliphatic carboxylic acids is 1. The van der Waals surface area contributed by atoms with E-state index in [1.807, 2.05) is 50.2 Å². The predicted octanol–water partition coefficient (Wildman–Crippen LogP) is 3.37. The summed E-state index contributed by atoms with van der Waals surface area (Å²) in [6.45, 7) is 4.51. The molecule has 0 saturated carbocycles. The molecule has 0 amide bonds. The molecule has 0 heterocycles.